The Balaban J connectivity index is 2.28. The van der Waals surface area contributed by atoms with Crippen LogP contribution in [-0.4, -0.2) is 19.6 Å². The predicted octanol–water partition coefficient (Wildman–Crippen LogP) is 2.07. The number of nitrogens with two attached hydrogens (primary N) is 1. The third-order valence-corrected chi connectivity index (χ3v) is 2.99. The smallest absolute Gasteiger partial charge is 0.246 e. The van der Waals surface area contributed by atoms with Crippen LogP contribution in [0.2, 0.25) is 0 Å². The molecule has 0 spiro atoms. The molecule has 2 N–H and O–H groups in total. The number of rotatable bonds is 3. The Hall–Kier alpha value is -1.00. The number of hydrogen-bond acceptors (Lipinski definition) is 2. The van der Waals surface area contributed by atoms with Crippen molar-refractivity contribution in [1.29, 1.82) is 0 Å². The van der Waals surface area contributed by atoms with E-state index in [-0.39, 0.29) is 6.54 Å². The first-order chi connectivity index (χ1) is 7.72. The maximum atomic E-state index is 12.7. The summed E-state index contributed by atoms with van der Waals surface area (Å²) >= 11 is 0. The Morgan fingerprint density at radius 3 is 2.81 bits per heavy atom. The molecule has 1 heterocycles. The minimum atomic E-state index is -2.40. The lowest BCUT2D eigenvalue weighted by atomic mass is 9.93. The summed E-state index contributed by atoms with van der Waals surface area (Å²) in [5, 5.41) is 0. The van der Waals surface area contributed by atoms with Gasteiger partial charge in [0.15, 0.2) is 0 Å². The van der Waals surface area contributed by atoms with Gasteiger partial charge in [-0.3, -0.25) is 0 Å². The molecule has 0 radical (unpaired) electrons. The fourth-order valence-electron chi connectivity index (χ4n) is 2.00. The van der Waals surface area contributed by atoms with Gasteiger partial charge in [-0.25, -0.2) is 8.78 Å². The molecule has 2 rings (SSSR count). The van der Waals surface area contributed by atoms with Gasteiger partial charge in [0.1, 0.15) is 0 Å². The first-order valence-electron chi connectivity index (χ1n) is 5.40. The predicted molar refractivity (Wildman–Crippen MR) is 57.6 cm³/mol. The molecule has 1 aromatic carbocycles. The SMILES string of the molecule is NCC(c1ccc2c(c1)CCOC2)C(F)F. The summed E-state index contributed by atoms with van der Waals surface area (Å²) in [4.78, 5) is 0. The lowest BCUT2D eigenvalue weighted by Gasteiger charge is -2.20. The van der Waals surface area contributed by atoms with Crippen LogP contribution in [0.25, 0.3) is 0 Å². The second-order valence-electron chi connectivity index (χ2n) is 4.01. The molecule has 4 heteroatoms. The van der Waals surface area contributed by atoms with Crippen molar-refractivity contribution in [2.24, 2.45) is 5.73 Å². The number of halogens is 2. The van der Waals surface area contributed by atoms with Gasteiger partial charge in [0.2, 0.25) is 6.43 Å². The summed E-state index contributed by atoms with van der Waals surface area (Å²) in [7, 11) is 0. The average Bonchev–Trinajstić information content (AvgIpc) is 2.29. The monoisotopic (exact) mass is 227 g/mol. The maximum absolute atomic E-state index is 12.7. The van der Waals surface area contributed by atoms with E-state index in [0.717, 1.165) is 17.5 Å². The molecule has 0 amide bonds. The fraction of sp³-hybridized carbons (Fsp3) is 0.500. The zero-order chi connectivity index (χ0) is 11.5. The van der Waals surface area contributed by atoms with Gasteiger partial charge >= 0.3 is 0 Å². The first-order valence-corrected chi connectivity index (χ1v) is 5.40. The van der Waals surface area contributed by atoms with Crippen LogP contribution < -0.4 is 5.73 Å². The van der Waals surface area contributed by atoms with Crippen LogP contribution in [0.15, 0.2) is 18.2 Å². The van der Waals surface area contributed by atoms with Gasteiger partial charge in [0.05, 0.1) is 19.1 Å². The molecule has 1 aliphatic rings. The highest BCUT2D eigenvalue weighted by Gasteiger charge is 2.22. The quantitative estimate of drug-likeness (QED) is 0.858. The topological polar surface area (TPSA) is 35.2 Å². The summed E-state index contributed by atoms with van der Waals surface area (Å²) in [6.45, 7) is 1.23. The molecule has 0 bridgehead atoms. The van der Waals surface area contributed by atoms with Gasteiger partial charge < -0.3 is 10.5 Å². The van der Waals surface area contributed by atoms with Gasteiger partial charge in [0, 0.05) is 6.54 Å². The zero-order valence-corrected chi connectivity index (χ0v) is 8.96. The molecule has 0 saturated carbocycles. The highest BCUT2D eigenvalue weighted by molar-refractivity contribution is 5.35. The van der Waals surface area contributed by atoms with Crippen LogP contribution in [0.4, 0.5) is 8.78 Å². The minimum absolute atomic E-state index is 0.0209. The molecule has 0 aromatic heterocycles. The first kappa shape index (κ1) is 11.5. The highest BCUT2D eigenvalue weighted by Crippen LogP contribution is 2.26. The number of fused-ring (bicyclic) bond motifs is 1. The van der Waals surface area contributed by atoms with E-state index in [0.29, 0.717) is 18.8 Å². The van der Waals surface area contributed by atoms with Gasteiger partial charge in [-0.15, -0.1) is 0 Å². The van der Waals surface area contributed by atoms with E-state index < -0.39 is 12.3 Å². The maximum Gasteiger partial charge on any atom is 0.246 e. The summed E-state index contributed by atoms with van der Waals surface area (Å²) in [6, 6.07) is 5.45. The molecule has 88 valence electrons. The molecule has 0 aliphatic carbocycles. The van der Waals surface area contributed by atoms with Crippen molar-refractivity contribution in [1.82, 2.24) is 0 Å². The van der Waals surface area contributed by atoms with Crippen molar-refractivity contribution < 1.29 is 13.5 Å². The number of alkyl halides is 2. The molecule has 16 heavy (non-hydrogen) atoms. The average molecular weight is 227 g/mol. The summed E-state index contributed by atoms with van der Waals surface area (Å²) < 4.78 is 30.7. The van der Waals surface area contributed by atoms with Gasteiger partial charge in [-0.1, -0.05) is 18.2 Å². The third kappa shape index (κ3) is 2.23. The van der Waals surface area contributed by atoms with E-state index >= 15 is 0 Å². The zero-order valence-electron chi connectivity index (χ0n) is 8.96. The summed E-state index contributed by atoms with van der Waals surface area (Å²) in [6.07, 6.45) is -1.60. The molecule has 0 fully saturated rings. The van der Waals surface area contributed by atoms with Crippen LogP contribution in [0.1, 0.15) is 22.6 Å². The summed E-state index contributed by atoms with van der Waals surface area (Å²) in [5.41, 5.74) is 8.23. The van der Waals surface area contributed by atoms with Gasteiger partial charge in [0.25, 0.3) is 0 Å². The van der Waals surface area contributed by atoms with Gasteiger partial charge in [-0.2, -0.15) is 0 Å². The lowest BCUT2D eigenvalue weighted by Crippen LogP contribution is -2.20. The molecule has 0 saturated heterocycles. The Morgan fingerprint density at radius 1 is 1.31 bits per heavy atom. The number of benzene rings is 1. The van der Waals surface area contributed by atoms with Crippen molar-refractivity contribution in [3.8, 4) is 0 Å². The van der Waals surface area contributed by atoms with Crippen LogP contribution in [0.3, 0.4) is 0 Å². The minimum Gasteiger partial charge on any atom is -0.376 e. The van der Waals surface area contributed by atoms with Crippen LogP contribution in [-0.2, 0) is 17.8 Å². The Morgan fingerprint density at radius 2 is 2.12 bits per heavy atom. The Labute approximate surface area is 93.4 Å². The molecule has 1 atom stereocenters. The molecule has 2 nitrogen and oxygen atoms in total. The van der Waals surface area contributed by atoms with Crippen molar-refractivity contribution in [3.63, 3.8) is 0 Å². The second kappa shape index (κ2) is 4.89. The van der Waals surface area contributed by atoms with Crippen molar-refractivity contribution in [3.05, 3.63) is 34.9 Å². The van der Waals surface area contributed by atoms with Gasteiger partial charge in [-0.05, 0) is 23.1 Å². The van der Waals surface area contributed by atoms with Crippen LogP contribution in [0, 0.1) is 0 Å². The molecular weight excluding hydrogens is 212 g/mol. The van der Waals surface area contributed by atoms with Crippen molar-refractivity contribution in [2.75, 3.05) is 13.2 Å². The van der Waals surface area contributed by atoms with E-state index in [4.69, 9.17) is 10.5 Å². The molecule has 1 unspecified atom stereocenters. The highest BCUT2D eigenvalue weighted by atomic mass is 19.3. The Bertz CT molecular complexity index is 368. The van der Waals surface area contributed by atoms with E-state index in [1.54, 1.807) is 6.07 Å². The third-order valence-electron chi connectivity index (χ3n) is 2.99. The molecular formula is C12H15F2NO. The van der Waals surface area contributed by atoms with E-state index in [1.807, 2.05) is 12.1 Å². The number of ether oxygens (including phenoxy) is 1. The molecule has 1 aliphatic heterocycles. The largest absolute Gasteiger partial charge is 0.376 e. The summed E-state index contributed by atoms with van der Waals surface area (Å²) in [5.74, 6) is -0.854. The van der Waals surface area contributed by atoms with E-state index in [1.165, 1.54) is 0 Å². The fourth-order valence-corrected chi connectivity index (χ4v) is 2.00. The Kier molecular flexibility index (Phi) is 3.51. The second-order valence-corrected chi connectivity index (χ2v) is 4.01. The van der Waals surface area contributed by atoms with Crippen LogP contribution in [0.5, 0.6) is 0 Å². The van der Waals surface area contributed by atoms with Crippen molar-refractivity contribution in [2.45, 2.75) is 25.4 Å². The lowest BCUT2D eigenvalue weighted by molar-refractivity contribution is 0.109. The normalized spacial score (nSPS) is 17.2. The van der Waals surface area contributed by atoms with Crippen LogP contribution >= 0.6 is 0 Å². The van der Waals surface area contributed by atoms with E-state index in [9.17, 15) is 8.78 Å². The van der Waals surface area contributed by atoms with E-state index in [2.05, 4.69) is 0 Å². The molecule has 1 aromatic rings. The number of hydrogen-bond donors (Lipinski definition) is 1. The van der Waals surface area contributed by atoms with Crippen molar-refractivity contribution >= 4 is 0 Å². The standard InChI is InChI=1S/C12H15F2NO/c13-12(14)11(6-15)9-1-2-10-7-16-4-3-8(10)5-9/h1-2,5,11-12H,3-4,6-7,15H2.